The number of amides is 1. The van der Waals surface area contributed by atoms with Gasteiger partial charge >= 0.3 is 0 Å². The molecule has 104 valence electrons. The molecule has 0 aromatic heterocycles. The summed E-state index contributed by atoms with van der Waals surface area (Å²) in [4.78, 5) is 12.1. The fourth-order valence-electron chi connectivity index (χ4n) is 1.72. The van der Waals surface area contributed by atoms with Gasteiger partial charge in [0.05, 0.1) is 12.2 Å². The predicted molar refractivity (Wildman–Crippen MR) is 81.4 cm³/mol. The second kappa shape index (κ2) is 6.30. The van der Waals surface area contributed by atoms with E-state index in [0.717, 1.165) is 5.75 Å². The quantitative estimate of drug-likeness (QED) is 0.846. The third-order valence-corrected chi connectivity index (χ3v) is 2.92. The number of rotatable bonds is 4. The van der Waals surface area contributed by atoms with Gasteiger partial charge in [0.25, 0.3) is 5.91 Å². The standard InChI is InChI=1S/C15H15ClN2O2/c1-2-20-12-6-4-11(5-7-12)18-15(19)13-9-10(16)3-8-14(13)17/h3-9H,2,17H2,1H3,(H,18,19). The minimum absolute atomic E-state index is 0.297. The summed E-state index contributed by atoms with van der Waals surface area (Å²) < 4.78 is 5.34. The molecule has 0 aliphatic rings. The van der Waals surface area contributed by atoms with Crippen molar-refractivity contribution in [2.75, 3.05) is 17.7 Å². The molecule has 0 atom stereocenters. The Kier molecular flexibility index (Phi) is 4.48. The van der Waals surface area contributed by atoms with Crippen molar-refractivity contribution >= 4 is 28.9 Å². The lowest BCUT2D eigenvalue weighted by atomic mass is 10.1. The highest BCUT2D eigenvalue weighted by molar-refractivity contribution is 6.31. The number of carbonyl (C=O) groups excluding carboxylic acids is 1. The van der Waals surface area contributed by atoms with E-state index in [-0.39, 0.29) is 5.91 Å². The molecule has 0 saturated carbocycles. The summed E-state index contributed by atoms with van der Waals surface area (Å²) in [5.41, 5.74) is 7.17. The number of nitrogen functional groups attached to an aromatic ring is 1. The zero-order chi connectivity index (χ0) is 14.5. The van der Waals surface area contributed by atoms with E-state index >= 15 is 0 Å². The molecule has 3 N–H and O–H groups in total. The molecular formula is C15H15ClN2O2. The van der Waals surface area contributed by atoms with Crippen LogP contribution in [-0.2, 0) is 0 Å². The Morgan fingerprint density at radius 3 is 2.60 bits per heavy atom. The van der Waals surface area contributed by atoms with E-state index in [1.165, 1.54) is 0 Å². The second-order valence-corrected chi connectivity index (χ2v) is 4.58. The summed E-state index contributed by atoms with van der Waals surface area (Å²) in [5.74, 6) is 0.460. The van der Waals surface area contributed by atoms with Crippen LogP contribution in [0.3, 0.4) is 0 Å². The van der Waals surface area contributed by atoms with E-state index in [4.69, 9.17) is 22.1 Å². The van der Waals surface area contributed by atoms with Crippen LogP contribution in [0.4, 0.5) is 11.4 Å². The molecule has 4 nitrogen and oxygen atoms in total. The first-order valence-electron chi connectivity index (χ1n) is 6.19. The lowest BCUT2D eigenvalue weighted by Gasteiger charge is -2.09. The normalized spacial score (nSPS) is 10.1. The summed E-state index contributed by atoms with van der Waals surface area (Å²) in [6, 6.07) is 11.9. The maximum absolute atomic E-state index is 12.1. The van der Waals surface area contributed by atoms with Crippen LogP contribution in [0.25, 0.3) is 0 Å². The lowest BCUT2D eigenvalue weighted by molar-refractivity contribution is 0.102. The predicted octanol–water partition coefficient (Wildman–Crippen LogP) is 3.57. The average molecular weight is 291 g/mol. The van der Waals surface area contributed by atoms with Crippen LogP contribution in [0.2, 0.25) is 5.02 Å². The van der Waals surface area contributed by atoms with Crippen molar-refractivity contribution in [1.82, 2.24) is 0 Å². The molecule has 0 spiro atoms. The average Bonchev–Trinajstić information content (AvgIpc) is 2.44. The van der Waals surface area contributed by atoms with Gasteiger partial charge in [0.15, 0.2) is 0 Å². The third kappa shape index (κ3) is 3.42. The van der Waals surface area contributed by atoms with Crippen LogP contribution in [-0.4, -0.2) is 12.5 Å². The highest BCUT2D eigenvalue weighted by Gasteiger charge is 2.10. The second-order valence-electron chi connectivity index (χ2n) is 4.14. The number of hydrogen-bond donors (Lipinski definition) is 2. The fraction of sp³-hybridized carbons (Fsp3) is 0.133. The van der Waals surface area contributed by atoms with Gasteiger partial charge in [-0.25, -0.2) is 0 Å². The van der Waals surface area contributed by atoms with Crippen LogP contribution in [0, 0.1) is 0 Å². The smallest absolute Gasteiger partial charge is 0.257 e. The monoisotopic (exact) mass is 290 g/mol. The van der Waals surface area contributed by atoms with E-state index in [2.05, 4.69) is 5.32 Å². The molecule has 2 rings (SSSR count). The number of hydrogen-bond acceptors (Lipinski definition) is 3. The molecule has 2 aromatic carbocycles. The van der Waals surface area contributed by atoms with Crippen molar-refractivity contribution in [3.63, 3.8) is 0 Å². The maximum Gasteiger partial charge on any atom is 0.257 e. The Balaban J connectivity index is 2.13. The molecule has 0 aliphatic carbocycles. The summed E-state index contributed by atoms with van der Waals surface area (Å²) in [7, 11) is 0. The Bertz CT molecular complexity index is 612. The van der Waals surface area contributed by atoms with Gasteiger partial charge in [-0.2, -0.15) is 0 Å². The molecule has 0 aliphatic heterocycles. The van der Waals surface area contributed by atoms with Crippen molar-refractivity contribution in [3.05, 3.63) is 53.1 Å². The first-order chi connectivity index (χ1) is 9.60. The molecule has 0 bridgehead atoms. The van der Waals surface area contributed by atoms with Gasteiger partial charge in [-0.05, 0) is 49.4 Å². The Morgan fingerprint density at radius 1 is 1.25 bits per heavy atom. The van der Waals surface area contributed by atoms with Crippen molar-refractivity contribution in [3.8, 4) is 5.75 Å². The van der Waals surface area contributed by atoms with Crippen LogP contribution in [0.5, 0.6) is 5.75 Å². The molecule has 0 saturated heterocycles. The SMILES string of the molecule is CCOc1ccc(NC(=O)c2cc(Cl)ccc2N)cc1. The molecule has 20 heavy (non-hydrogen) atoms. The van der Waals surface area contributed by atoms with E-state index in [1.54, 1.807) is 42.5 Å². The molecule has 0 unspecified atom stereocenters. The molecule has 0 heterocycles. The Hall–Kier alpha value is -2.20. The zero-order valence-corrected chi connectivity index (χ0v) is 11.8. The summed E-state index contributed by atoms with van der Waals surface area (Å²) in [6.07, 6.45) is 0. The van der Waals surface area contributed by atoms with Gasteiger partial charge in [0, 0.05) is 16.4 Å². The first-order valence-corrected chi connectivity index (χ1v) is 6.57. The first kappa shape index (κ1) is 14.2. The number of halogens is 1. The van der Waals surface area contributed by atoms with Crippen LogP contribution >= 0.6 is 11.6 Å². The molecule has 1 amide bonds. The van der Waals surface area contributed by atoms with Crippen LogP contribution in [0.1, 0.15) is 17.3 Å². The van der Waals surface area contributed by atoms with Gasteiger partial charge in [-0.1, -0.05) is 11.6 Å². The number of ether oxygens (including phenoxy) is 1. The van der Waals surface area contributed by atoms with Gasteiger partial charge in [0.1, 0.15) is 5.75 Å². The highest BCUT2D eigenvalue weighted by atomic mass is 35.5. The Labute approximate surface area is 122 Å². The van der Waals surface area contributed by atoms with Crippen molar-refractivity contribution in [1.29, 1.82) is 0 Å². The lowest BCUT2D eigenvalue weighted by Crippen LogP contribution is -2.14. The van der Waals surface area contributed by atoms with E-state index in [0.29, 0.717) is 28.6 Å². The number of anilines is 2. The van der Waals surface area contributed by atoms with Crippen molar-refractivity contribution in [2.24, 2.45) is 0 Å². The topological polar surface area (TPSA) is 64.3 Å². The van der Waals surface area contributed by atoms with E-state index in [1.807, 2.05) is 6.92 Å². The number of nitrogens with two attached hydrogens (primary N) is 1. The van der Waals surface area contributed by atoms with Crippen molar-refractivity contribution in [2.45, 2.75) is 6.92 Å². The fourth-order valence-corrected chi connectivity index (χ4v) is 1.90. The third-order valence-electron chi connectivity index (χ3n) is 2.68. The molecule has 0 radical (unpaired) electrons. The largest absolute Gasteiger partial charge is 0.494 e. The van der Waals surface area contributed by atoms with Gasteiger partial charge in [0.2, 0.25) is 0 Å². The molecule has 2 aromatic rings. The number of carbonyl (C=O) groups is 1. The minimum Gasteiger partial charge on any atom is -0.494 e. The molecule has 0 fully saturated rings. The zero-order valence-electron chi connectivity index (χ0n) is 11.0. The van der Waals surface area contributed by atoms with Gasteiger partial charge in [-0.15, -0.1) is 0 Å². The van der Waals surface area contributed by atoms with Gasteiger partial charge in [-0.3, -0.25) is 4.79 Å². The highest BCUT2D eigenvalue weighted by Crippen LogP contribution is 2.20. The van der Waals surface area contributed by atoms with Crippen LogP contribution in [0.15, 0.2) is 42.5 Å². The number of nitrogens with one attached hydrogen (secondary N) is 1. The van der Waals surface area contributed by atoms with E-state index in [9.17, 15) is 4.79 Å². The summed E-state index contributed by atoms with van der Waals surface area (Å²) in [6.45, 7) is 2.52. The summed E-state index contributed by atoms with van der Waals surface area (Å²) >= 11 is 5.87. The molecular weight excluding hydrogens is 276 g/mol. The van der Waals surface area contributed by atoms with Crippen molar-refractivity contribution < 1.29 is 9.53 Å². The minimum atomic E-state index is -0.297. The van der Waals surface area contributed by atoms with Gasteiger partial charge < -0.3 is 15.8 Å². The molecule has 5 heteroatoms. The Morgan fingerprint density at radius 2 is 1.95 bits per heavy atom. The van der Waals surface area contributed by atoms with E-state index < -0.39 is 0 Å². The summed E-state index contributed by atoms with van der Waals surface area (Å²) in [5, 5.41) is 3.23. The van der Waals surface area contributed by atoms with Crippen LogP contribution < -0.4 is 15.8 Å². The number of benzene rings is 2. The maximum atomic E-state index is 12.1.